The Bertz CT molecular complexity index is 324. The van der Waals surface area contributed by atoms with Crippen molar-refractivity contribution in [3.63, 3.8) is 0 Å². The van der Waals surface area contributed by atoms with Crippen LogP contribution in [0.1, 0.15) is 6.42 Å². The summed E-state index contributed by atoms with van der Waals surface area (Å²) in [6.07, 6.45) is -5.32. The van der Waals surface area contributed by atoms with Crippen LogP contribution in [0.3, 0.4) is 0 Å². The molecular formula is C7H7ClF3N3O. The summed E-state index contributed by atoms with van der Waals surface area (Å²) in [4.78, 5) is 7.07. The van der Waals surface area contributed by atoms with Crippen LogP contribution in [0.4, 0.5) is 19.1 Å². The van der Waals surface area contributed by atoms with Crippen LogP contribution in [0.5, 0.6) is 5.88 Å². The van der Waals surface area contributed by atoms with Crippen LogP contribution in [-0.2, 0) is 0 Å². The fraction of sp³-hybridized carbons (Fsp3) is 0.429. The molecular weight excluding hydrogens is 235 g/mol. The summed E-state index contributed by atoms with van der Waals surface area (Å²) in [7, 11) is 0. The van der Waals surface area contributed by atoms with Gasteiger partial charge in [0.2, 0.25) is 11.8 Å². The maximum absolute atomic E-state index is 11.8. The molecule has 84 valence electrons. The number of nitrogens with two attached hydrogens (primary N) is 1. The second kappa shape index (κ2) is 4.52. The molecule has 0 radical (unpaired) electrons. The van der Waals surface area contributed by atoms with Gasteiger partial charge in [0.25, 0.3) is 0 Å². The minimum absolute atomic E-state index is 0.0181. The van der Waals surface area contributed by atoms with Gasteiger partial charge in [-0.3, -0.25) is 0 Å². The number of ether oxygens (including phenoxy) is 1. The average molecular weight is 242 g/mol. The number of anilines is 1. The Hall–Kier alpha value is -1.24. The Kier molecular flexibility index (Phi) is 3.57. The first-order valence-corrected chi connectivity index (χ1v) is 4.24. The van der Waals surface area contributed by atoms with Gasteiger partial charge in [-0.2, -0.15) is 18.2 Å². The van der Waals surface area contributed by atoms with E-state index in [9.17, 15) is 13.2 Å². The minimum atomic E-state index is -4.26. The molecule has 0 saturated heterocycles. The molecule has 0 bridgehead atoms. The van der Waals surface area contributed by atoms with Gasteiger partial charge in [0, 0.05) is 6.07 Å². The summed E-state index contributed by atoms with van der Waals surface area (Å²) in [6, 6.07) is 1.19. The summed E-state index contributed by atoms with van der Waals surface area (Å²) in [5, 5.41) is 0.0181. The van der Waals surface area contributed by atoms with Crippen molar-refractivity contribution in [2.24, 2.45) is 0 Å². The smallest absolute Gasteiger partial charge is 0.392 e. The van der Waals surface area contributed by atoms with Gasteiger partial charge in [0.05, 0.1) is 13.0 Å². The van der Waals surface area contributed by atoms with Crippen LogP contribution >= 0.6 is 11.6 Å². The molecule has 1 aromatic heterocycles. The van der Waals surface area contributed by atoms with Crippen molar-refractivity contribution in [1.82, 2.24) is 9.97 Å². The Morgan fingerprint density at radius 1 is 1.40 bits per heavy atom. The van der Waals surface area contributed by atoms with Crippen LogP contribution in [-0.4, -0.2) is 22.8 Å². The first kappa shape index (κ1) is 11.8. The van der Waals surface area contributed by atoms with E-state index in [4.69, 9.17) is 22.1 Å². The molecule has 0 aliphatic rings. The van der Waals surface area contributed by atoms with Gasteiger partial charge in [-0.1, -0.05) is 11.6 Å². The van der Waals surface area contributed by atoms with E-state index < -0.39 is 19.2 Å². The molecule has 1 aromatic rings. The molecule has 0 aromatic carbocycles. The molecule has 0 amide bonds. The Labute approximate surface area is 88.2 Å². The topological polar surface area (TPSA) is 61.0 Å². The van der Waals surface area contributed by atoms with E-state index in [1.807, 2.05) is 0 Å². The molecule has 0 spiro atoms. The normalized spacial score (nSPS) is 11.5. The molecule has 0 aliphatic carbocycles. The monoisotopic (exact) mass is 241 g/mol. The van der Waals surface area contributed by atoms with Crippen LogP contribution in [0, 0.1) is 0 Å². The summed E-state index contributed by atoms with van der Waals surface area (Å²) in [6.45, 7) is -0.531. The highest BCUT2D eigenvalue weighted by Gasteiger charge is 2.26. The number of aromatic nitrogens is 2. The maximum atomic E-state index is 11.8. The fourth-order valence-electron chi connectivity index (χ4n) is 0.759. The average Bonchev–Trinajstić information content (AvgIpc) is 1.99. The molecule has 2 N–H and O–H groups in total. The molecule has 15 heavy (non-hydrogen) atoms. The Morgan fingerprint density at radius 3 is 2.60 bits per heavy atom. The number of alkyl halides is 3. The molecule has 0 unspecified atom stereocenters. The van der Waals surface area contributed by atoms with Gasteiger partial charge in [-0.15, -0.1) is 0 Å². The Balaban J connectivity index is 2.51. The predicted molar refractivity (Wildman–Crippen MR) is 47.6 cm³/mol. The van der Waals surface area contributed by atoms with Crippen molar-refractivity contribution in [3.8, 4) is 5.88 Å². The second-order valence-electron chi connectivity index (χ2n) is 2.60. The van der Waals surface area contributed by atoms with Gasteiger partial charge in [-0.25, -0.2) is 4.98 Å². The van der Waals surface area contributed by atoms with E-state index in [1.165, 1.54) is 6.07 Å². The molecule has 0 aliphatic heterocycles. The Morgan fingerprint density at radius 2 is 2.07 bits per heavy atom. The lowest BCUT2D eigenvalue weighted by atomic mass is 10.4. The van der Waals surface area contributed by atoms with Gasteiger partial charge in [0.15, 0.2) is 0 Å². The quantitative estimate of drug-likeness (QED) is 0.823. The molecule has 4 nitrogen and oxygen atoms in total. The molecule has 0 saturated carbocycles. The highest BCUT2D eigenvalue weighted by Crippen LogP contribution is 2.20. The van der Waals surface area contributed by atoms with Gasteiger partial charge >= 0.3 is 6.18 Å². The van der Waals surface area contributed by atoms with Crippen LogP contribution in [0.2, 0.25) is 5.15 Å². The predicted octanol–water partition coefficient (Wildman–Crippen LogP) is 2.04. The molecule has 0 atom stereocenters. The minimum Gasteiger partial charge on any atom is -0.477 e. The highest BCUT2D eigenvalue weighted by atomic mass is 35.5. The lowest BCUT2D eigenvalue weighted by Crippen LogP contribution is -2.13. The van der Waals surface area contributed by atoms with Gasteiger partial charge < -0.3 is 10.5 Å². The van der Waals surface area contributed by atoms with E-state index in [-0.39, 0.29) is 17.0 Å². The zero-order chi connectivity index (χ0) is 11.5. The number of nitrogen functional groups attached to an aromatic ring is 1. The van der Waals surface area contributed by atoms with Crippen molar-refractivity contribution < 1.29 is 17.9 Å². The summed E-state index contributed by atoms with van der Waals surface area (Å²) >= 11 is 5.49. The SMILES string of the molecule is Nc1nc(Cl)cc(OCCC(F)(F)F)n1. The molecule has 1 heterocycles. The van der Waals surface area contributed by atoms with Gasteiger partial charge in [-0.05, 0) is 0 Å². The van der Waals surface area contributed by atoms with E-state index in [2.05, 4.69) is 9.97 Å². The van der Waals surface area contributed by atoms with Crippen LogP contribution in [0.25, 0.3) is 0 Å². The standard InChI is InChI=1S/C7H7ClF3N3O/c8-4-3-5(14-6(12)13-4)15-2-1-7(9,10)11/h3H,1-2H2,(H2,12,13,14). The third kappa shape index (κ3) is 4.68. The fourth-order valence-corrected chi connectivity index (χ4v) is 0.939. The summed E-state index contributed by atoms with van der Waals surface area (Å²) in [5.74, 6) is -0.221. The number of hydrogen-bond acceptors (Lipinski definition) is 4. The van der Waals surface area contributed by atoms with E-state index in [0.717, 1.165) is 0 Å². The first-order chi connectivity index (χ1) is 6.87. The van der Waals surface area contributed by atoms with Crippen molar-refractivity contribution in [3.05, 3.63) is 11.2 Å². The van der Waals surface area contributed by atoms with Crippen LogP contribution in [0.15, 0.2) is 6.07 Å². The molecule has 1 rings (SSSR count). The second-order valence-corrected chi connectivity index (χ2v) is 2.99. The summed E-state index contributed by atoms with van der Waals surface area (Å²) < 4.78 is 40.0. The summed E-state index contributed by atoms with van der Waals surface area (Å²) in [5.41, 5.74) is 5.21. The van der Waals surface area contributed by atoms with Crippen LogP contribution < -0.4 is 10.5 Å². The van der Waals surface area contributed by atoms with Crippen molar-refractivity contribution in [2.45, 2.75) is 12.6 Å². The number of halogens is 4. The van der Waals surface area contributed by atoms with Gasteiger partial charge in [0.1, 0.15) is 5.15 Å². The number of nitrogens with zero attached hydrogens (tertiary/aromatic N) is 2. The number of hydrogen-bond donors (Lipinski definition) is 1. The third-order valence-corrected chi connectivity index (χ3v) is 1.52. The van der Waals surface area contributed by atoms with E-state index >= 15 is 0 Å². The largest absolute Gasteiger partial charge is 0.477 e. The zero-order valence-electron chi connectivity index (χ0n) is 7.38. The van der Waals surface area contributed by atoms with Crippen molar-refractivity contribution >= 4 is 17.5 Å². The van der Waals surface area contributed by atoms with Crippen molar-refractivity contribution in [1.29, 1.82) is 0 Å². The zero-order valence-corrected chi connectivity index (χ0v) is 8.14. The lowest BCUT2D eigenvalue weighted by molar-refractivity contribution is -0.139. The lowest BCUT2D eigenvalue weighted by Gasteiger charge is -2.07. The van der Waals surface area contributed by atoms with E-state index in [0.29, 0.717) is 0 Å². The maximum Gasteiger partial charge on any atom is 0.392 e. The first-order valence-electron chi connectivity index (χ1n) is 3.86. The van der Waals surface area contributed by atoms with Crippen molar-refractivity contribution in [2.75, 3.05) is 12.3 Å². The third-order valence-electron chi connectivity index (χ3n) is 1.32. The highest BCUT2D eigenvalue weighted by molar-refractivity contribution is 6.29. The van der Waals surface area contributed by atoms with E-state index in [1.54, 1.807) is 0 Å². The molecule has 0 fully saturated rings. The number of rotatable bonds is 3. The molecule has 8 heteroatoms.